The molecule has 0 amide bonds. The van der Waals surface area contributed by atoms with E-state index in [4.69, 9.17) is 9.47 Å². The zero-order valence-electron chi connectivity index (χ0n) is 14.0. The van der Waals surface area contributed by atoms with Gasteiger partial charge in [0.15, 0.2) is 0 Å². The number of carbonyl (C=O) groups is 2. The molecule has 2 aromatic carbocycles. The third-order valence-electron chi connectivity index (χ3n) is 4.00. The van der Waals surface area contributed by atoms with Crippen molar-refractivity contribution >= 4 is 22.8 Å². The van der Waals surface area contributed by atoms with E-state index in [0.717, 1.165) is 0 Å². The summed E-state index contributed by atoms with van der Waals surface area (Å²) in [5.74, 6) is -0.805. The van der Waals surface area contributed by atoms with Gasteiger partial charge in [-0.05, 0) is 48.0 Å². The molecule has 0 unspecified atom stereocenters. The lowest BCUT2D eigenvalue weighted by Crippen LogP contribution is -2.23. The van der Waals surface area contributed by atoms with Crippen molar-refractivity contribution in [2.24, 2.45) is 7.05 Å². The van der Waals surface area contributed by atoms with E-state index in [1.165, 1.54) is 13.0 Å². The average Bonchev–Trinajstić information content (AvgIpc) is 2.87. The maximum absolute atomic E-state index is 11.8. The van der Waals surface area contributed by atoms with Gasteiger partial charge in [-0.15, -0.1) is 0 Å². The Hall–Kier alpha value is -3.28. The zero-order valence-corrected chi connectivity index (χ0v) is 14.0. The number of hydrogen-bond donors (Lipinski definition) is 0. The molecule has 3 aromatic rings. The fourth-order valence-electron chi connectivity index (χ4n) is 2.95. The van der Waals surface area contributed by atoms with Crippen molar-refractivity contribution in [3.05, 3.63) is 48.0 Å². The molecule has 0 aliphatic heterocycles. The maximum atomic E-state index is 11.8. The predicted octanol–water partition coefficient (Wildman–Crippen LogP) is 2.14. The Balaban J connectivity index is 2.26. The topological polar surface area (TPSA) is 80.6 Å². The number of hydrogen-bond acceptors (Lipinski definition) is 5. The summed E-state index contributed by atoms with van der Waals surface area (Å²) in [4.78, 5) is 23.0. The van der Waals surface area contributed by atoms with Crippen LogP contribution >= 0.6 is 0 Å². The van der Waals surface area contributed by atoms with E-state index < -0.39 is 11.9 Å². The van der Waals surface area contributed by atoms with Crippen LogP contribution in [0.2, 0.25) is 0 Å². The normalized spacial score (nSPS) is 10.7. The molecule has 0 radical (unpaired) electrons. The number of carboxylic acids is 1. The number of benzene rings is 2. The van der Waals surface area contributed by atoms with Crippen LogP contribution in [0.25, 0.3) is 22.2 Å². The summed E-state index contributed by atoms with van der Waals surface area (Å²) >= 11 is 0. The number of ether oxygens (including phenoxy) is 2. The smallest absolute Gasteiger partial charge is 0.308 e. The lowest BCUT2D eigenvalue weighted by atomic mass is 10.0. The molecule has 0 atom stereocenters. The Labute approximate surface area is 144 Å². The Bertz CT molecular complexity index is 970. The van der Waals surface area contributed by atoms with Gasteiger partial charge in [-0.2, -0.15) is 0 Å². The number of aromatic carboxylic acids is 1. The molecule has 1 aromatic heterocycles. The molecular weight excluding hydrogens is 322 g/mol. The number of methoxy groups -OCH3 is 1. The number of fused-ring (bicyclic) bond motifs is 1. The van der Waals surface area contributed by atoms with Crippen LogP contribution < -0.4 is 14.6 Å². The second-order valence-electron chi connectivity index (χ2n) is 5.57. The van der Waals surface area contributed by atoms with E-state index in [0.29, 0.717) is 27.9 Å². The molecule has 1 heterocycles. The molecule has 0 fully saturated rings. The molecular formula is C19H16NO5-. The molecule has 0 bridgehead atoms. The van der Waals surface area contributed by atoms with Crippen molar-refractivity contribution in [2.75, 3.05) is 7.11 Å². The van der Waals surface area contributed by atoms with E-state index in [9.17, 15) is 14.7 Å². The average molecular weight is 338 g/mol. The summed E-state index contributed by atoms with van der Waals surface area (Å²) in [6, 6.07) is 12.0. The number of carbonyl (C=O) groups excluding carboxylic acids is 2. The molecule has 25 heavy (non-hydrogen) atoms. The highest BCUT2D eigenvalue weighted by atomic mass is 16.5. The number of aromatic nitrogens is 1. The maximum Gasteiger partial charge on any atom is 0.308 e. The molecule has 6 heteroatoms. The summed E-state index contributed by atoms with van der Waals surface area (Å²) in [5, 5.41) is 12.3. The van der Waals surface area contributed by atoms with E-state index in [-0.39, 0.29) is 11.3 Å². The lowest BCUT2D eigenvalue weighted by molar-refractivity contribution is -0.254. The third kappa shape index (κ3) is 2.94. The van der Waals surface area contributed by atoms with Gasteiger partial charge in [0.25, 0.3) is 0 Å². The van der Waals surface area contributed by atoms with Crippen molar-refractivity contribution in [3.63, 3.8) is 0 Å². The van der Waals surface area contributed by atoms with Gasteiger partial charge in [0, 0.05) is 30.4 Å². The molecule has 0 N–H and O–H groups in total. The minimum Gasteiger partial charge on any atom is -0.545 e. The van der Waals surface area contributed by atoms with Gasteiger partial charge in [-0.3, -0.25) is 4.79 Å². The first-order valence-electron chi connectivity index (χ1n) is 7.59. The minimum atomic E-state index is -1.30. The highest BCUT2D eigenvalue weighted by molar-refractivity contribution is 6.09. The number of esters is 1. The summed E-state index contributed by atoms with van der Waals surface area (Å²) < 4.78 is 12.0. The number of carboxylic acid groups (broad SMARTS) is 1. The van der Waals surface area contributed by atoms with E-state index >= 15 is 0 Å². The summed E-state index contributed by atoms with van der Waals surface area (Å²) in [6.07, 6.45) is 0. The van der Waals surface area contributed by atoms with E-state index in [1.54, 1.807) is 55.1 Å². The van der Waals surface area contributed by atoms with Crippen LogP contribution in [0.4, 0.5) is 0 Å². The molecule has 6 nitrogen and oxygen atoms in total. The standard InChI is InChI=1S/C19H17NO5/c1-11(21)25-14-8-9-16-15(10-14)17(19(22)23)18(20(16)2)12-4-6-13(24-3)7-5-12/h4-10H,1-3H3,(H,22,23)/p-1. The molecule has 0 saturated carbocycles. The van der Waals surface area contributed by atoms with Crippen molar-refractivity contribution in [1.82, 2.24) is 4.57 Å². The predicted molar refractivity (Wildman–Crippen MR) is 90.5 cm³/mol. The SMILES string of the molecule is COc1ccc(-c2c(C(=O)[O-])c3cc(OC(C)=O)ccc3n2C)cc1. The van der Waals surface area contributed by atoms with Gasteiger partial charge >= 0.3 is 5.97 Å². The molecule has 3 rings (SSSR count). The Kier molecular flexibility index (Phi) is 4.19. The Morgan fingerprint density at radius 1 is 1.04 bits per heavy atom. The number of nitrogens with zero attached hydrogens (tertiary/aromatic N) is 1. The van der Waals surface area contributed by atoms with Gasteiger partial charge in [0.1, 0.15) is 11.5 Å². The first-order chi connectivity index (χ1) is 11.9. The zero-order chi connectivity index (χ0) is 18.1. The molecule has 0 saturated heterocycles. The molecule has 0 aliphatic carbocycles. The highest BCUT2D eigenvalue weighted by Crippen LogP contribution is 2.35. The van der Waals surface area contributed by atoms with Gasteiger partial charge in [0.05, 0.1) is 18.8 Å². The number of aryl methyl sites for hydroxylation is 1. The second-order valence-corrected chi connectivity index (χ2v) is 5.57. The summed E-state index contributed by atoms with van der Waals surface area (Å²) in [5.41, 5.74) is 1.97. The minimum absolute atomic E-state index is 0.0525. The van der Waals surface area contributed by atoms with Crippen LogP contribution in [0.5, 0.6) is 11.5 Å². The van der Waals surface area contributed by atoms with Gasteiger partial charge in [-0.25, -0.2) is 0 Å². The molecule has 0 spiro atoms. The first-order valence-corrected chi connectivity index (χ1v) is 7.59. The summed E-state index contributed by atoms with van der Waals surface area (Å²) in [6.45, 7) is 1.29. The fourth-order valence-corrected chi connectivity index (χ4v) is 2.95. The van der Waals surface area contributed by atoms with Crippen LogP contribution in [0, 0.1) is 0 Å². The van der Waals surface area contributed by atoms with Crippen LogP contribution in [0.3, 0.4) is 0 Å². The third-order valence-corrected chi connectivity index (χ3v) is 4.00. The largest absolute Gasteiger partial charge is 0.545 e. The monoisotopic (exact) mass is 338 g/mol. The van der Waals surface area contributed by atoms with Crippen molar-refractivity contribution in [1.29, 1.82) is 0 Å². The van der Waals surface area contributed by atoms with Gasteiger partial charge in [-0.1, -0.05) is 0 Å². The highest BCUT2D eigenvalue weighted by Gasteiger charge is 2.18. The van der Waals surface area contributed by atoms with Crippen LogP contribution in [0.1, 0.15) is 17.3 Å². The van der Waals surface area contributed by atoms with Crippen molar-refractivity contribution in [2.45, 2.75) is 6.92 Å². The number of rotatable bonds is 4. The van der Waals surface area contributed by atoms with Gasteiger partial charge in [0.2, 0.25) is 0 Å². The van der Waals surface area contributed by atoms with Crippen LogP contribution in [0.15, 0.2) is 42.5 Å². The van der Waals surface area contributed by atoms with E-state index in [2.05, 4.69) is 0 Å². The fraction of sp³-hybridized carbons (Fsp3) is 0.158. The Morgan fingerprint density at radius 3 is 2.24 bits per heavy atom. The molecule has 0 aliphatic rings. The van der Waals surface area contributed by atoms with E-state index in [1.807, 2.05) is 0 Å². The second kappa shape index (κ2) is 6.32. The van der Waals surface area contributed by atoms with Crippen LogP contribution in [-0.4, -0.2) is 23.6 Å². The molecule has 128 valence electrons. The lowest BCUT2D eigenvalue weighted by Gasteiger charge is -2.10. The quantitative estimate of drug-likeness (QED) is 0.538. The van der Waals surface area contributed by atoms with Gasteiger partial charge < -0.3 is 23.9 Å². The Morgan fingerprint density at radius 2 is 1.68 bits per heavy atom. The van der Waals surface area contributed by atoms with Crippen LogP contribution in [-0.2, 0) is 11.8 Å². The summed E-state index contributed by atoms with van der Waals surface area (Å²) in [7, 11) is 3.34. The first kappa shape index (κ1) is 16.6. The van der Waals surface area contributed by atoms with Crippen molar-refractivity contribution in [3.8, 4) is 22.8 Å². The van der Waals surface area contributed by atoms with Crippen molar-refractivity contribution < 1.29 is 24.2 Å².